The van der Waals surface area contributed by atoms with Crippen LogP contribution in [0, 0.1) is 0 Å². The van der Waals surface area contributed by atoms with Gasteiger partial charge >= 0.3 is 0 Å². The molecule has 1 aliphatic rings. The largest absolute Gasteiger partial charge is 0.376 e. The fourth-order valence-electron chi connectivity index (χ4n) is 1.97. The van der Waals surface area contributed by atoms with Gasteiger partial charge in [0.15, 0.2) is 11.9 Å². The number of ether oxygens (including phenoxy) is 2. The Bertz CT molecular complexity index is 593. The summed E-state index contributed by atoms with van der Waals surface area (Å²) in [4.78, 5) is 16.1. The van der Waals surface area contributed by atoms with Gasteiger partial charge < -0.3 is 19.3 Å². The Morgan fingerprint density at radius 3 is 2.90 bits per heavy atom. The molecule has 110 valence electrons. The molecule has 1 amide bonds. The van der Waals surface area contributed by atoms with Crippen LogP contribution in [-0.4, -0.2) is 35.9 Å². The van der Waals surface area contributed by atoms with Crippen molar-refractivity contribution in [1.82, 2.24) is 10.1 Å². The van der Waals surface area contributed by atoms with Crippen LogP contribution < -0.4 is 5.32 Å². The lowest BCUT2D eigenvalue weighted by molar-refractivity contribution is -0.115. The number of aromatic nitrogens is 2. The van der Waals surface area contributed by atoms with Crippen molar-refractivity contribution in [2.75, 3.05) is 25.1 Å². The lowest BCUT2D eigenvalue weighted by Crippen LogP contribution is -2.22. The van der Waals surface area contributed by atoms with Crippen LogP contribution in [0.5, 0.6) is 0 Å². The number of amides is 1. The highest BCUT2D eigenvalue weighted by Crippen LogP contribution is 2.18. The Labute approximate surface area is 121 Å². The third kappa shape index (κ3) is 3.65. The van der Waals surface area contributed by atoms with Crippen molar-refractivity contribution in [3.8, 4) is 0 Å². The summed E-state index contributed by atoms with van der Waals surface area (Å²) in [5.41, 5.74) is 0.732. The van der Waals surface area contributed by atoms with E-state index >= 15 is 0 Å². The van der Waals surface area contributed by atoms with Gasteiger partial charge in [-0.25, -0.2) is 0 Å². The molecule has 1 aliphatic heterocycles. The van der Waals surface area contributed by atoms with Crippen molar-refractivity contribution in [2.45, 2.75) is 12.5 Å². The van der Waals surface area contributed by atoms with Crippen LogP contribution in [0.1, 0.15) is 17.8 Å². The number of carbonyl (C=O) groups excluding carboxylic acids is 1. The minimum Gasteiger partial charge on any atom is -0.376 e. The number of rotatable bonds is 4. The monoisotopic (exact) mass is 289 g/mol. The van der Waals surface area contributed by atoms with Crippen LogP contribution in [0.15, 0.2) is 34.9 Å². The van der Waals surface area contributed by atoms with E-state index in [4.69, 9.17) is 14.0 Å². The molecule has 0 saturated carbocycles. The third-order valence-electron chi connectivity index (χ3n) is 2.95. The molecule has 0 aliphatic carbocycles. The van der Waals surface area contributed by atoms with E-state index in [2.05, 4.69) is 15.5 Å². The number of nitrogens with one attached hydrogen (secondary N) is 1. The average Bonchev–Trinajstić information content (AvgIpc) is 2.97. The molecular weight excluding hydrogens is 274 g/mol. The van der Waals surface area contributed by atoms with Crippen molar-refractivity contribution in [1.29, 1.82) is 0 Å². The second-order valence-corrected chi connectivity index (χ2v) is 4.57. The Morgan fingerprint density at radius 2 is 2.14 bits per heavy atom. The number of carbonyl (C=O) groups is 1. The summed E-state index contributed by atoms with van der Waals surface area (Å²) in [6, 6.07) is 9.21. The van der Waals surface area contributed by atoms with Gasteiger partial charge in [-0.2, -0.15) is 4.98 Å². The number of hydrogen-bond donors (Lipinski definition) is 1. The smallest absolute Gasteiger partial charge is 0.258 e. The van der Waals surface area contributed by atoms with E-state index in [0.29, 0.717) is 31.5 Å². The van der Waals surface area contributed by atoms with Gasteiger partial charge in [0.1, 0.15) is 0 Å². The molecule has 0 radical (unpaired) electrons. The van der Waals surface area contributed by atoms with Gasteiger partial charge in [-0.3, -0.25) is 4.79 Å². The summed E-state index contributed by atoms with van der Waals surface area (Å²) in [6.07, 6.45) is -0.302. The molecular formula is C14H15N3O4. The Kier molecular flexibility index (Phi) is 4.23. The average molecular weight is 289 g/mol. The van der Waals surface area contributed by atoms with Crippen molar-refractivity contribution in [3.63, 3.8) is 0 Å². The first-order chi connectivity index (χ1) is 10.3. The van der Waals surface area contributed by atoms with Crippen molar-refractivity contribution < 1.29 is 18.8 Å². The maximum absolute atomic E-state index is 11.9. The second-order valence-electron chi connectivity index (χ2n) is 4.57. The first-order valence-electron chi connectivity index (χ1n) is 6.68. The van der Waals surface area contributed by atoms with E-state index in [1.165, 1.54) is 0 Å². The van der Waals surface area contributed by atoms with E-state index in [1.807, 2.05) is 30.3 Å². The van der Waals surface area contributed by atoms with Crippen LogP contribution in [0.4, 0.5) is 5.69 Å². The highest BCUT2D eigenvalue weighted by molar-refractivity contribution is 5.91. The fourth-order valence-corrected chi connectivity index (χ4v) is 1.97. The van der Waals surface area contributed by atoms with Crippen molar-refractivity contribution in [3.05, 3.63) is 42.0 Å². The van der Waals surface area contributed by atoms with Gasteiger partial charge in [0.05, 0.1) is 26.2 Å². The molecule has 21 heavy (non-hydrogen) atoms. The molecule has 0 spiro atoms. The fraction of sp³-hybridized carbons (Fsp3) is 0.357. The first kappa shape index (κ1) is 13.7. The summed E-state index contributed by atoms with van der Waals surface area (Å²) in [7, 11) is 0. The van der Waals surface area contributed by atoms with Crippen molar-refractivity contribution >= 4 is 11.6 Å². The Hall–Kier alpha value is -2.25. The maximum atomic E-state index is 11.9. The molecule has 2 aromatic rings. The summed E-state index contributed by atoms with van der Waals surface area (Å²) in [5, 5.41) is 6.55. The highest BCUT2D eigenvalue weighted by atomic mass is 16.6. The summed E-state index contributed by atoms with van der Waals surface area (Å²) in [5.74, 6) is 0.471. The molecule has 1 fully saturated rings. The molecule has 2 heterocycles. The van der Waals surface area contributed by atoms with E-state index < -0.39 is 0 Å². The summed E-state index contributed by atoms with van der Waals surface area (Å²) < 4.78 is 15.8. The van der Waals surface area contributed by atoms with Crippen LogP contribution in [0.25, 0.3) is 0 Å². The number of para-hydroxylation sites is 1. The maximum Gasteiger partial charge on any atom is 0.258 e. The van der Waals surface area contributed by atoms with Gasteiger partial charge in [-0.15, -0.1) is 0 Å². The lowest BCUT2D eigenvalue weighted by atomic mass is 10.3. The predicted octanol–water partition coefficient (Wildman–Crippen LogP) is 1.34. The first-order valence-corrected chi connectivity index (χ1v) is 6.68. The molecule has 1 aromatic carbocycles. The standard InChI is InChI=1S/C14H15N3O4/c18-13(15-10-4-2-1-3-5-10)8-12-16-14(21-17-12)11-9-19-6-7-20-11/h1-5,11H,6-9H2,(H,15,18)/t11-/m1/s1. The molecule has 1 N–H and O–H groups in total. The predicted molar refractivity (Wildman–Crippen MR) is 72.6 cm³/mol. The summed E-state index contributed by atoms with van der Waals surface area (Å²) >= 11 is 0. The van der Waals surface area contributed by atoms with E-state index in [-0.39, 0.29) is 18.4 Å². The van der Waals surface area contributed by atoms with E-state index in [1.54, 1.807) is 0 Å². The topological polar surface area (TPSA) is 86.5 Å². The van der Waals surface area contributed by atoms with Crippen LogP contribution in [0.2, 0.25) is 0 Å². The quantitative estimate of drug-likeness (QED) is 0.914. The van der Waals surface area contributed by atoms with E-state index in [9.17, 15) is 4.79 Å². The Morgan fingerprint density at radius 1 is 1.29 bits per heavy atom. The molecule has 3 rings (SSSR count). The van der Waals surface area contributed by atoms with Gasteiger partial charge in [-0.1, -0.05) is 23.4 Å². The number of nitrogens with zero attached hydrogens (tertiary/aromatic N) is 2. The minimum absolute atomic E-state index is 0.0476. The molecule has 0 unspecified atom stereocenters. The summed E-state index contributed by atoms with van der Waals surface area (Å²) in [6.45, 7) is 1.45. The zero-order valence-electron chi connectivity index (χ0n) is 11.3. The molecule has 1 atom stereocenters. The number of anilines is 1. The van der Waals surface area contributed by atoms with Gasteiger partial charge in [-0.05, 0) is 12.1 Å². The third-order valence-corrected chi connectivity index (χ3v) is 2.95. The Balaban J connectivity index is 1.57. The van der Waals surface area contributed by atoms with Gasteiger partial charge in [0, 0.05) is 5.69 Å². The van der Waals surface area contributed by atoms with E-state index in [0.717, 1.165) is 5.69 Å². The normalized spacial score (nSPS) is 18.4. The minimum atomic E-state index is -0.350. The van der Waals surface area contributed by atoms with Crippen molar-refractivity contribution in [2.24, 2.45) is 0 Å². The van der Waals surface area contributed by atoms with Crippen LogP contribution in [-0.2, 0) is 20.7 Å². The highest BCUT2D eigenvalue weighted by Gasteiger charge is 2.23. The zero-order valence-corrected chi connectivity index (χ0v) is 11.3. The molecule has 1 saturated heterocycles. The molecule has 7 heteroatoms. The molecule has 7 nitrogen and oxygen atoms in total. The number of hydrogen-bond acceptors (Lipinski definition) is 6. The van der Waals surface area contributed by atoms with Crippen LogP contribution >= 0.6 is 0 Å². The van der Waals surface area contributed by atoms with Gasteiger partial charge in [0.2, 0.25) is 5.91 Å². The SMILES string of the molecule is O=C(Cc1noc([C@H]2COCCO2)n1)Nc1ccccc1. The lowest BCUT2D eigenvalue weighted by Gasteiger charge is -2.19. The second kappa shape index (κ2) is 6.47. The number of benzene rings is 1. The molecule has 1 aromatic heterocycles. The zero-order chi connectivity index (χ0) is 14.5. The van der Waals surface area contributed by atoms with Gasteiger partial charge in [0.25, 0.3) is 5.89 Å². The molecule has 0 bridgehead atoms. The van der Waals surface area contributed by atoms with Crippen LogP contribution in [0.3, 0.4) is 0 Å².